The summed E-state index contributed by atoms with van der Waals surface area (Å²) < 4.78 is 7.23. The van der Waals surface area contributed by atoms with Gasteiger partial charge in [0.15, 0.2) is 0 Å². The maximum atomic E-state index is 12.7. The van der Waals surface area contributed by atoms with E-state index in [-0.39, 0.29) is 17.6 Å². The van der Waals surface area contributed by atoms with Gasteiger partial charge in [-0.3, -0.25) is 4.79 Å². The van der Waals surface area contributed by atoms with Crippen LogP contribution in [0.3, 0.4) is 0 Å². The van der Waals surface area contributed by atoms with Crippen molar-refractivity contribution < 1.29 is 4.74 Å². The Hall–Kier alpha value is -1.98. The number of nitrogens with one attached hydrogen (secondary N) is 1. The van der Waals surface area contributed by atoms with Gasteiger partial charge in [0, 0.05) is 18.2 Å². The molecule has 2 atom stereocenters. The third kappa shape index (κ3) is 3.91. The van der Waals surface area contributed by atoms with E-state index in [4.69, 9.17) is 4.74 Å². The lowest BCUT2D eigenvalue weighted by molar-refractivity contribution is 0.0534. The number of hydrogen-bond acceptors (Lipinski definition) is 4. The van der Waals surface area contributed by atoms with Crippen LogP contribution in [0.25, 0.3) is 11.1 Å². The normalized spacial score (nSPS) is 19.1. The van der Waals surface area contributed by atoms with E-state index in [0.717, 1.165) is 43.5 Å². The summed E-state index contributed by atoms with van der Waals surface area (Å²) in [6, 6.07) is 11.7. The molecule has 1 saturated heterocycles. The van der Waals surface area contributed by atoms with Crippen LogP contribution in [0.15, 0.2) is 47.4 Å². The molecule has 0 saturated carbocycles. The van der Waals surface area contributed by atoms with Gasteiger partial charge < -0.3 is 10.1 Å². The van der Waals surface area contributed by atoms with Gasteiger partial charge in [-0.15, -0.1) is 0 Å². The number of benzene rings is 1. The van der Waals surface area contributed by atoms with Gasteiger partial charge in [0.05, 0.1) is 31.5 Å². The average molecular weight is 327 g/mol. The van der Waals surface area contributed by atoms with E-state index in [2.05, 4.69) is 17.3 Å². The first kappa shape index (κ1) is 16.9. The lowest BCUT2D eigenvalue weighted by Gasteiger charge is -2.31. The number of rotatable bonds is 6. The highest BCUT2D eigenvalue weighted by molar-refractivity contribution is 5.61. The van der Waals surface area contributed by atoms with Crippen molar-refractivity contribution in [3.63, 3.8) is 0 Å². The predicted molar refractivity (Wildman–Crippen MR) is 95.1 cm³/mol. The lowest BCUT2D eigenvalue weighted by Crippen LogP contribution is -2.49. The second kappa shape index (κ2) is 8.22. The monoisotopic (exact) mass is 327 g/mol. The molecule has 0 radical (unpaired) electrons. The smallest absolute Gasteiger partial charge is 0.267 e. The zero-order valence-corrected chi connectivity index (χ0v) is 14.1. The molecule has 1 aromatic carbocycles. The Morgan fingerprint density at radius 1 is 1.33 bits per heavy atom. The minimum absolute atomic E-state index is 0.0302. The van der Waals surface area contributed by atoms with Crippen LogP contribution >= 0.6 is 0 Å². The Labute approximate surface area is 142 Å². The van der Waals surface area contributed by atoms with E-state index in [1.54, 1.807) is 16.9 Å². The molecule has 1 N–H and O–H groups in total. The highest BCUT2D eigenvalue weighted by Crippen LogP contribution is 2.21. The van der Waals surface area contributed by atoms with Crippen LogP contribution < -0.4 is 10.9 Å². The molecule has 0 bridgehead atoms. The molecular formula is C19H25N3O2. The van der Waals surface area contributed by atoms with Crippen molar-refractivity contribution in [1.29, 1.82) is 0 Å². The summed E-state index contributed by atoms with van der Waals surface area (Å²) in [5.74, 6) is 0. The van der Waals surface area contributed by atoms with Crippen molar-refractivity contribution in [1.82, 2.24) is 15.1 Å². The van der Waals surface area contributed by atoms with Gasteiger partial charge in [0.2, 0.25) is 0 Å². The molecule has 1 aliphatic rings. The van der Waals surface area contributed by atoms with Crippen LogP contribution in [0, 0.1) is 0 Å². The first-order chi connectivity index (χ1) is 11.8. The quantitative estimate of drug-likeness (QED) is 0.886. The highest BCUT2D eigenvalue weighted by Gasteiger charge is 2.26. The Morgan fingerprint density at radius 3 is 2.83 bits per heavy atom. The van der Waals surface area contributed by atoms with Gasteiger partial charge in [0.1, 0.15) is 0 Å². The van der Waals surface area contributed by atoms with E-state index in [1.165, 1.54) is 0 Å². The van der Waals surface area contributed by atoms with Gasteiger partial charge in [-0.05, 0) is 12.0 Å². The van der Waals surface area contributed by atoms with Crippen LogP contribution in [0.5, 0.6) is 0 Å². The summed E-state index contributed by atoms with van der Waals surface area (Å²) in [6.45, 7) is 4.34. The molecule has 1 aliphatic heterocycles. The molecule has 5 nitrogen and oxygen atoms in total. The Kier molecular flexibility index (Phi) is 5.77. The fourth-order valence-corrected chi connectivity index (χ4v) is 3.20. The highest BCUT2D eigenvalue weighted by atomic mass is 16.5. The molecule has 5 heteroatoms. The number of aromatic nitrogens is 2. The maximum absolute atomic E-state index is 12.7. The zero-order chi connectivity index (χ0) is 16.8. The summed E-state index contributed by atoms with van der Waals surface area (Å²) in [6.07, 6.45) is 4.88. The molecule has 128 valence electrons. The van der Waals surface area contributed by atoms with Crippen LogP contribution in [0.4, 0.5) is 0 Å². The molecule has 0 amide bonds. The Balaban J connectivity index is 1.88. The van der Waals surface area contributed by atoms with Gasteiger partial charge in [-0.1, -0.05) is 50.1 Å². The van der Waals surface area contributed by atoms with E-state index in [9.17, 15) is 4.79 Å². The van der Waals surface area contributed by atoms with Crippen molar-refractivity contribution in [2.24, 2.45) is 0 Å². The van der Waals surface area contributed by atoms with Crippen molar-refractivity contribution in [3.8, 4) is 11.1 Å². The first-order valence-corrected chi connectivity index (χ1v) is 8.75. The summed E-state index contributed by atoms with van der Waals surface area (Å²) in [7, 11) is 0. The fraction of sp³-hybridized carbons (Fsp3) is 0.474. The summed E-state index contributed by atoms with van der Waals surface area (Å²) >= 11 is 0. The topological polar surface area (TPSA) is 56.1 Å². The predicted octanol–water partition coefficient (Wildman–Crippen LogP) is 2.63. The molecule has 0 aliphatic carbocycles. The SMILES string of the molecule is CCCCC(C1COCCN1)n1ncc(-c2ccccc2)cc1=O. The molecule has 2 aromatic rings. The van der Waals surface area contributed by atoms with Crippen LogP contribution in [0.2, 0.25) is 0 Å². The second-order valence-corrected chi connectivity index (χ2v) is 6.24. The standard InChI is InChI=1S/C19H25N3O2/c1-2-3-9-18(17-14-24-11-10-20-17)22-19(23)12-16(13-21-22)15-7-5-4-6-8-15/h4-8,12-13,17-18,20H,2-3,9-11,14H2,1H3. The molecule has 1 aromatic heterocycles. The van der Waals surface area contributed by atoms with E-state index in [1.807, 2.05) is 30.3 Å². The van der Waals surface area contributed by atoms with Crippen molar-refractivity contribution in [2.45, 2.75) is 38.3 Å². The zero-order valence-electron chi connectivity index (χ0n) is 14.1. The second-order valence-electron chi connectivity index (χ2n) is 6.24. The molecule has 2 unspecified atom stereocenters. The van der Waals surface area contributed by atoms with Crippen molar-refractivity contribution >= 4 is 0 Å². The minimum atomic E-state index is -0.0511. The number of unbranched alkanes of at least 4 members (excludes halogenated alkanes) is 1. The number of ether oxygens (including phenoxy) is 1. The number of morpholine rings is 1. The summed E-state index contributed by atoms with van der Waals surface area (Å²) in [5.41, 5.74) is 1.82. The summed E-state index contributed by atoms with van der Waals surface area (Å²) in [5, 5.41) is 7.97. The largest absolute Gasteiger partial charge is 0.378 e. The summed E-state index contributed by atoms with van der Waals surface area (Å²) in [4.78, 5) is 12.7. The van der Waals surface area contributed by atoms with Gasteiger partial charge >= 0.3 is 0 Å². The minimum Gasteiger partial charge on any atom is -0.378 e. The molecule has 0 spiro atoms. The average Bonchev–Trinajstić information content (AvgIpc) is 2.64. The fourth-order valence-electron chi connectivity index (χ4n) is 3.20. The third-order valence-electron chi connectivity index (χ3n) is 4.52. The molecule has 24 heavy (non-hydrogen) atoms. The van der Waals surface area contributed by atoms with Crippen molar-refractivity contribution in [2.75, 3.05) is 19.8 Å². The van der Waals surface area contributed by atoms with Crippen LogP contribution in [0.1, 0.15) is 32.2 Å². The van der Waals surface area contributed by atoms with Crippen molar-refractivity contribution in [3.05, 3.63) is 52.9 Å². The third-order valence-corrected chi connectivity index (χ3v) is 4.52. The van der Waals surface area contributed by atoms with Crippen LogP contribution in [-0.4, -0.2) is 35.6 Å². The van der Waals surface area contributed by atoms with Gasteiger partial charge in [-0.2, -0.15) is 5.10 Å². The first-order valence-electron chi connectivity index (χ1n) is 8.75. The molecule has 3 rings (SSSR count). The van der Waals surface area contributed by atoms with Gasteiger partial charge in [-0.25, -0.2) is 4.68 Å². The van der Waals surface area contributed by atoms with E-state index < -0.39 is 0 Å². The van der Waals surface area contributed by atoms with Gasteiger partial charge in [0.25, 0.3) is 5.56 Å². The molecular weight excluding hydrogens is 302 g/mol. The van der Waals surface area contributed by atoms with E-state index in [0.29, 0.717) is 6.61 Å². The lowest BCUT2D eigenvalue weighted by atomic mass is 10.0. The van der Waals surface area contributed by atoms with Crippen LogP contribution in [-0.2, 0) is 4.74 Å². The number of hydrogen-bond donors (Lipinski definition) is 1. The Morgan fingerprint density at radius 2 is 2.17 bits per heavy atom. The molecule has 2 heterocycles. The maximum Gasteiger partial charge on any atom is 0.267 e. The van der Waals surface area contributed by atoms with E-state index >= 15 is 0 Å². The number of nitrogens with zero attached hydrogens (tertiary/aromatic N) is 2. The Bertz CT molecular complexity index is 693. The molecule has 1 fully saturated rings.